The first-order valence-corrected chi connectivity index (χ1v) is 15.3. The number of hydrogen-bond donors (Lipinski definition) is 0. The summed E-state index contributed by atoms with van der Waals surface area (Å²) in [7, 11) is 0. The average molecular weight is 643 g/mol. The number of carbonyl (C=O) groups excluding carboxylic acids is 3. The number of fused-ring (bicyclic) bond motifs is 4. The lowest BCUT2D eigenvalue weighted by molar-refractivity contribution is -0.168. The Balaban J connectivity index is 0.00000323. The van der Waals surface area contributed by atoms with Gasteiger partial charge >= 0.3 is 17.9 Å². The van der Waals surface area contributed by atoms with Crippen LogP contribution in [0.15, 0.2) is 0 Å². The highest BCUT2D eigenvalue weighted by Gasteiger charge is 2.63. The fourth-order valence-electron chi connectivity index (χ4n) is 9.19. The monoisotopic (exact) mass is 643 g/mol. The zero-order chi connectivity index (χ0) is 27.6. The molecular weight excluding hydrogens is 572 g/mol. The van der Waals surface area contributed by atoms with Gasteiger partial charge in [-0.2, -0.15) is 0 Å². The summed E-state index contributed by atoms with van der Waals surface area (Å²) in [6.07, 6.45) is 5.27. The Morgan fingerprint density at radius 1 is 0.756 bits per heavy atom. The van der Waals surface area contributed by atoms with Gasteiger partial charge in [0, 0.05) is 0 Å². The number of rotatable bonds is 10. The lowest BCUT2D eigenvalue weighted by atomic mass is 9.58. The molecule has 6 aliphatic rings. The normalized spacial score (nSPS) is 37.4. The molecule has 2 saturated heterocycles. The molecule has 13 atom stereocenters. The largest absolute Gasteiger partial charge is 0.463 e. The number of epoxide rings is 2. The van der Waals surface area contributed by atoms with Gasteiger partial charge < -0.3 is 23.7 Å². The third-order valence-electron chi connectivity index (χ3n) is 10.9. The molecule has 0 aromatic heterocycles. The standard InChI is InChI=1S/C31H46O8.6CH4/c1-15-19-9-22(23(10-19)29(33)39-31(3,4)5)24(15)26-17-6-7-18(8-17)27(26)25(30(34)38-14-21-12-36-21)16(2)28(32)37-13-20-11-35-20;;;;;;/h15-27H,6-14H2,1-5H3;6*1H4. The second-order valence-electron chi connectivity index (χ2n) is 14.4. The van der Waals surface area contributed by atoms with Crippen LogP contribution >= 0.6 is 0 Å². The predicted octanol–water partition coefficient (Wildman–Crippen LogP) is 7.85. The quantitative estimate of drug-likeness (QED) is 0.135. The van der Waals surface area contributed by atoms with E-state index in [1.807, 2.05) is 27.7 Å². The molecule has 0 aromatic carbocycles. The summed E-state index contributed by atoms with van der Waals surface area (Å²) >= 11 is 0. The van der Waals surface area contributed by atoms with Crippen molar-refractivity contribution in [3.63, 3.8) is 0 Å². The molecule has 45 heavy (non-hydrogen) atoms. The van der Waals surface area contributed by atoms with E-state index in [2.05, 4.69) is 6.92 Å². The maximum Gasteiger partial charge on any atom is 0.310 e. The van der Waals surface area contributed by atoms with Gasteiger partial charge in [-0.1, -0.05) is 58.4 Å². The SMILES string of the molecule is C.C.C.C.C.C.CC(C(=O)OCC1CO1)C(C(=O)OCC1CO1)C1C2CCC(C2)C1C1C(C)C2CC(C(=O)OC(C)(C)C)C1C2. The smallest absolute Gasteiger partial charge is 0.310 e. The van der Waals surface area contributed by atoms with Crippen LogP contribution < -0.4 is 0 Å². The van der Waals surface area contributed by atoms with Crippen molar-refractivity contribution in [3.8, 4) is 0 Å². The van der Waals surface area contributed by atoms with Gasteiger partial charge in [-0.15, -0.1) is 0 Å². The highest BCUT2D eigenvalue weighted by Crippen LogP contribution is 2.67. The molecule has 2 aliphatic heterocycles. The van der Waals surface area contributed by atoms with Gasteiger partial charge in [-0.25, -0.2) is 0 Å². The van der Waals surface area contributed by atoms with Gasteiger partial charge in [-0.3, -0.25) is 14.4 Å². The number of ether oxygens (including phenoxy) is 5. The minimum Gasteiger partial charge on any atom is -0.463 e. The molecular formula is C37H70O8. The molecule has 13 unspecified atom stereocenters. The van der Waals surface area contributed by atoms with Crippen molar-refractivity contribution < 1.29 is 38.1 Å². The van der Waals surface area contributed by atoms with Crippen molar-refractivity contribution in [1.29, 1.82) is 0 Å². The molecule has 8 heteroatoms. The molecule has 4 saturated carbocycles. The van der Waals surface area contributed by atoms with E-state index in [-0.39, 0.29) is 106 Å². The van der Waals surface area contributed by atoms with Crippen molar-refractivity contribution in [2.45, 2.75) is 129 Å². The number of hydrogen-bond acceptors (Lipinski definition) is 8. The summed E-state index contributed by atoms with van der Waals surface area (Å²) in [5.41, 5.74) is -0.504. The summed E-state index contributed by atoms with van der Waals surface area (Å²) in [5.74, 6) is 0.980. The summed E-state index contributed by atoms with van der Waals surface area (Å²) in [5, 5.41) is 0. The first-order valence-electron chi connectivity index (χ1n) is 15.3. The predicted molar refractivity (Wildman–Crippen MR) is 180 cm³/mol. The topological polar surface area (TPSA) is 104 Å². The Bertz CT molecular complexity index is 966. The summed E-state index contributed by atoms with van der Waals surface area (Å²) in [4.78, 5) is 40.3. The van der Waals surface area contributed by atoms with Crippen LogP contribution in [0.1, 0.15) is 111 Å². The molecule has 6 rings (SSSR count). The first-order chi connectivity index (χ1) is 18.5. The maximum atomic E-state index is 13.8. The van der Waals surface area contributed by atoms with Crippen molar-refractivity contribution in [2.75, 3.05) is 26.4 Å². The van der Waals surface area contributed by atoms with Crippen LogP contribution in [0.3, 0.4) is 0 Å². The number of carbonyl (C=O) groups is 3. The third-order valence-corrected chi connectivity index (χ3v) is 10.9. The fraction of sp³-hybridized carbons (Fsp3) is 0.919. The van der Waals surface area contributed by atoms with Crippen LogP contribution in [0.4, 0.5) is 0 Å². The van der Waals surface area contributed by atoms with Crippen molar-refractivity contribution in [2.24, 2.45) is 65.1 Å². The van der Waals surface area contributed by atoms with Crippen molar-refractivity contribution in [3.05, 3.63) is 0 Å². The zero-order valence-corrected chi connectivity index (χ0v) is 24.1. The van der Waals surface area contributed by atoms with Gasteiger partial charge in [0.05, 0.1) is 31.0 Å². The Kier molecular flexibility index (Phi) is 15.8. The molecule has 2 heterocycles. The highest BCUT2D eigenvalue weighted by atomic mass is 16.6. The van der Waals surface area contributed by atoms with E-state index in [0.29, 0.717) is 48.7 Å². The summed E-state index contributed by atoms with van der Waals surface area (Å²) < 4.78 is 27.8. The molecule has 0 N–H and O–H groups in total. The second-order valence-corrected chi connectivity index (χ2v) is 14.4. The van der Waals surface area contributed by atoms with Gasteiger partial charge in [0.15, 0.2) is 0 Å². The average Bonchev–Trinajstić information content (AvgIpc) is 3.73. The molecule has 0 amide bonds. The van der Waals surface area contributed by atoms with Crippen LogP contribution in [0.2, 0.25) is 0 Å². The molecule has 8 nitrogen and oxygen atoms in total. The van der Waals surface area contributed by atoms with E-state index in [1.54, 1.807) is 0 Å². The molecule has 0 radical (unpaired) electrons. The Hall–Kier alpha value is -1.67. The Morgan fingerprint density at radius 3 is 1.80 bits per heavy atom. The van der Waals surface area contributed by atoms with Crippen LogP contribution in [0, 0.1) is 65.1 Å². The van der Waals surface area contributed by atoms with Gasteiger partial charge in [-0.05, 0) is 100 Å². The molecule has 4 bridgehead atoms. The highest BCUT2D eigenvalue weighted by molar-refractivity contribution is 5.82. The summed E-state index contributed by atoms with van der Waals surface area (Å²) in [6, 6.07) is 0. The number of esters is 3. The summed E-state index contributed by atoms with van der Waals surface area (Å²) in [6.45, 7) is 11.7. The molecule has 4 aliphatic carbocycles. The minimum absolute atomic E-state index is 0. The van der Waals surface area contributed by atoms with Crippen LogP contribution in [-0.2, 0) is 38.1 Å². The lowest BCUT2D eigenvalue weighted by Crippen LogP contribution is -2.47. The van der Waals surface area contributed by atoms with Crippen LogP contribution in [-0.4, -0.2) is 62.1 Å². The van der Waals surface area contributed by atoms with Crippen molar-refractivity contribution in [1.82, 2.24) is 0 Å². The van der Waals surface area contributed by atoms with Crippen molar-refractivity contribution >= 4 is 17.9 Å². The Morgan fingerprint density at radius 2 is 1.29 bits per heavy atom. The lowest BCUT2D eigenvalue weighted by Gasteiger charge is -2.46. The molecule has 0 aromatic rings. The van der Waals surface area contributed by atoms with Crippen LogP contribution in [0.5, 0.6) is 0 Å². The molecule has 0 spiro atoms. The van der Waals surface area contributed by atoms with Gasteiger partial charge in [0.2, 0.25) is 0 Å². The Labute approximate surface area is 276 Å². The fourth-order valence-corrected chi connectivity index (χ4v) is 9.19. The minimum atomic E-state index is -0.598. The third kappa shape index (κ3) is 8.82. The maximum absolute atomic E-state index is 13.8. The van der Waals surface area contributed by atoms with E-state index in [4.69, 9.17) is 23.7 Å². The van der Waals surface area contributed by atoms with E-state index >= 15 is 0 Å². The van der Waals surface area contributed by atoms with Crippen LogP contribution in [0.25, 0.3) is 0 Å². The van der Waals surface area contributed by atoms with Gasteiger partial charge in [0.1, 0.15) is 31.0 Å². The van der Waals surface area contributed by atoms with E-state index in [0.717, 1.165) is 25.7 Å². The van der Waals surface area contributed by atoms with E-state index in [1.165, 1.54) is 6.42 Å². The second kappa shape index (κ2) is 16.4. The van der Waals surface area contributed by atoms with Gasteiger partial charge in [0.25, 0.3) is 0 Å². The van der Waals surface area contributed by atoms with E-state index in [9.17, 15) is 14.4 Å². The molecule has 266 valence electrons. The first kappa shape index (κ1) is 43.3. The zero-order valence-electron chi connectivity index (χ0n) is 24.1. The van der Waals surface area contributed by atoms with E-state index < -0.39 is 17.4 Å². The molecule has 6 fully saturated rings.